The summed E-state index contributed by atoms with van der Waals surface area (Å²) in [5.74, 6) is 0.368. The number of carbonyl (C=O) groups excluding carboxylic acids is 2. The molecule has 6 heteroatoms. The summed E-state index contributed by atoms with van der Waals surface area (Å²) in [6.45, 7) is 4.11. The van der Waals surface area contributed by atoms with Crippen molar-refractivity contribution in [3.05, 3.63) is 45.8 Å². The fourth-order valence-electron chi connectivity index (χ4n) is 3.09. The first-order chi connectivity index (χ1) is 12.5. The Labute approximate surface area is 157 Å². The molecule has 1 aromatic carbocycles. The quantitative estimate of drug-likeness (QED) is 0.772. The van der Waals surface area contributed by atoms with E-state index in [-0.39, 0.29) is 12.5 Å². The summed E-state index contributed by atoms with van der Waals surface area (Å²) < 4.78 is 10.5. The SMILES string of the molecule is COC(=O)c1c(NC(=O)COc2cccc(C(C)C)c2)sc2c1CCC2. The van der Waals surface area contributed by atoms with Crippen LogP contribution in [0.3, 0.4) is 0 Å². The molecule has 1 amide bonds. The minimum atomic E-state index is -0.398. The lowest BCUT2D eigenvalue weighted by Gasteiger charge is -2.10. The Balaban J connectivity index is 1.67. The number of ether oxygens (including phenoxy) is 2. The first kappa shape index (κ1) is 18.5. The van der Waals surface area contributed by atoms with Crippen molar-refractivity contribution in [1.82, 2.24) is 0 Å². The molecule has 0 unspecified atom stereocenters. The molecule has 26 heavy (non-hydrogen) atoms. The van der Waals surface area contributed by atoms with Crippen molar-refractivity contribution in [2.75, 3.05) is 19.0 Å². The number of esters is 1. The minimum absolute atomic E-state index is 0.106. The van der Waals surface area contributed by atoms with Gasteiger partial charge in [0.25, 0.3) is 5.91 Å². The van der Waals surface area contributed by atoms with Gasteiger partial charge in [0.2, 0.25) is 0 Å². The van der Waals surface area contributed by atoms with Gasteiger partial charge in [-0.15, -0.1) is 11.3 Å². The fraction of sp³-hybridized carbons (Fsp3) is 0.400. The third-order valence-electron chi connectivity index (χ3n) is 4.46. The van der Waals surface area contributed by atoms with Crippen LogP contribution in [0.4, 0.5) is 5.00 Å². The summed E-state index contributed by atoms with van der Waals surface area (Å²) in [6, 6.07) is 7.73. The molecular formula is C20H23NO4S. The summed E-state index contributed by atoms with van der Waals surface area (Å²) in [5, 5.41) is 3.38. The van der Waals surface area contributed by atoms with E-state index in [0.717, 1.165) is 35.3 Å². The number of nitrogens with one attached hydrogen (secondary N) is 1. The molecule has 0 saturated carbocycles. The van der Waals surface area contributed by atoms with Crippen molar-refractivity contribution in [2.24, 2.45) is 0 Å². The predicted molar refractivity (Wildman–Crippen MR) is 102 cm³/mol. The van der Waals surface area contributed by atoms with Gasteiger partial charge in [0, 0.05) is 4.88 Å². The van der Waals surface area contributed by atoms with Crippen molar-refractivity contribution in [3.63, 3.8) is 0 Å². The van der Waals surface area contributed by atoms with Crippen LogP contribution < -0.4 is 10.1 Å². The Morgan fingerprint density at radius 1 is 1.27 bits per heavy atom. The molecule has 5 nitrogen and oxygen atoms in total. The highest BCUT2D eigenvalue weighted by molar-refractivity contribution is 7.17. The van der Waals surface area contributed by atoms with E-state index in [1.165, 1.54) is 18.4 Å². The summed E-state index contributed by atoms with van der Waals surface area (Å²) in [6.07, 6.45) is 2.83. The highest BCUT2D eigenvalue weighted by Gasteiger charge is 2.28. The maximum absolute atomic E-state index is 12.3. The number of anilines is 1. The Morgan fingerprint density at radius 3 is 2.81 bits per heavy atom. The van der Waals surface area contributed by atoms with Crippen LogP contribution in [0.5, 0.6) is 5.75 Å². The van der Waals surface area contributed by atoms with Crippen LogP contribution in [-0.4, -0.2) is 25.6 Å². The lowest BCUT2D eigenvalue weighted by molar-refractivity contribution is -0.118. The average molecular weight is 373 g/mol. The molecule has 0 aliphatic heterocycles. The molecule has 0 saturated heterocycles. The van der Waals surface area contributed by atoms with E-state index in [9.17, 15) is 9.59 Å². The molecule has 0 bridgehead atoms. The molecule has 1 aliphatic rings. The molecule has 0 spiro atoms. The third kappa shape index (κ3) is 3.90. The zero-order valence-electron chi connectivity index (χ0n) is 15.3. The number of rotatable bonds is 6. The number of hydrogen-bond donors (Lipinski definition) is 1. The molecule has 1 aliphatic carbocycles. The normalized spacial score (nSPS) is 12.8. The topological polar surface area (TPSA) is 64.6 Å². The minimum Gasteiger partial charge on any atom is -0.484 e. The summed E-state index contributed by atoms with van der Waals surface area (Å²) >= 11 is 1.46. The Morgan fingerprint density at radius 2 is 2.08 bits per heavy atom. The van der Waals surface area contributed by atoms with Crippen LogP contribution in [0.1, 0.15) is 52.5 Å². The second-order valence-corrected chi connectivity index (χ2v) is 7.72. The van der Waals surface area contributed by atoms with E-state index < -0.39 is 5.97 Å². The maximum Gasteiger partial charge on any atom is 0.341 e. The first-order valence-electron chi connectivity index (χ1n) is 8.75. The molecule has 138 valence electrons. The van der Waals surface area contributed by atoms with Crippen LogP contribution in [0.15, 0.2) is 24.3 Å². The standard InChI is InChI=1S/C20H23NO4S/c1-12(2)13-6-4-7-14(10-13)25-11-17(22)21-19-18(20(23)24-3)15-8-5-9-16(15)26-19/h4,6-7,10,12H,5,8-9,11H2,1-3H3,(H,21,22). The second kappa shape index (κ2) is 7.91. The number of aryl methyl sites for hydroxylation is 1. The zero-order valence-corrected chi connectivity index (χ0v) is 16.1. The number of carbonyl (C=O) groups is 2. The van der Waals surface area contributed by atoms with Crippen LogP contribution in [0.25, 0.3) is 0 Å². The van der Waals surface area contributed by atoms with Gasteiger partial charge in [-0.3, -0.25) is 4.79 Å². The zero-order chi connectivity index (χ0) is 18.7. The van der Waals surface area contributed by atoms with E-state index >= 15 is 0 Å². The van der Waals surface area contributed by atoms with Crippen molar-refractivity contribution >= 4 is 28.2 Å². The number of fused-ring (bicyclic) bond motifs is 1. The Bertz CT molecular complexity index is 825. The van der Waals surface area contributed by atoms with Gasteiger partial charge >= 0.3 is 5.97 Å². The van der Waals surface area contributed by atoms with Gasteiger partial charge in [-0.25, -0.2) is 4.79 Å². The molecular weight excluding hydrogens is 350 g/mol. The van der Waals surface area contributed by atoms with Gasteiger partial charge in [-0.05, 0) is 48.4 Å². The number of hydrogen-bond acceptors (Lipinski definition) is 5. The molecule has 1 aromatic heterocycles. The van der Waals surface area contributed by atoms with Crippen molar-refractivity contribution in [3.8, 4) is 5.75 Å². The van der Waals surface area contributed by atoms with Crippen LogP contribution in [0, 0.1) is 0 Å². The van der Waals surface area contributed by atoms with E-state index in [2.05, 4.69) is 19.2 Å². The van der Waals surface area contributed by atoms with Crippen molar-refractivity contribution in [1.29, 1.82) is 0 Å². The van der Waals surface area contributed by atoms with E-state index in [0.29, 0.717) is 22.2 Å². The molecule has 1 N–H and O–H groups in total. The van der Waals surface area contributed by atoms with E-state index in [1.807, 2.05) is 24.3 Å². The van der Waals surface area contributed by atoms with Gasteiger partial charge < -0.3 is 14.8 Å². The summed E-state index contributed by atoms with van der Waals surface area (Å²) in [5.41, 5.74) is 2.67. The van der Waals surface area contributed by atoms with E-state index in [1.54, 1.807) is 0 Å². The second-order valence-electron chi connectivity index (χ2n) is 6.62. The third-order valence-corrected chi connectivity index (χ3v) is 5.67. The van der Waals surface area contributed by atoms with Gasteiger partial charge in [0.05, 0.1) is 12.7 Å². The molecule has 0 fully saturated rings. The number of methoxy groups -OCH3 is 1. The monoisotopic (exact) mass is 373 g/mol. The van der Waals surface area contributed by atoms with Crippen molar-refractivity contribution in [2.45, 2.75) is 39.0 Å². The lowest BCUT2D eigenvalue weighted by atomic mass is 10.0. The molecule has 0 atom stereocenters. The summed E-state index contributed by atoms with van der Waals surface area (Å²) in [7, 11) is 1.36. The highest BCUT2D eigenvalue weighted by Crippen LogP contribution is 2.39. The molecule has 0 radical (unpaired) electrons. The molecule has 2 aromatic rings. The maximum atomic E-state index is 12.3. The number of amides is 1. The highest BCUT2D eigenvalue weighted by atomic mass is 32.1. The van der Waals surface area contributed by atoms with Gasteiger partial charge in [-0.2, -0.15) is 0 Å². The van der Waals surface area contributed by atoms with Gasteiger partial charge in [-0.1, -0.05) is 26.0 Å². The van der Waals surface area contributed by atoms with Crippen LogP contribution in [0.2, 0.25) is 0 Å². The predicted octanol–water partition coefficient (Wildman–Crippen LogP) is 4.16. The van der Waals surface area contributed by atoms with Crippen LogP contribution >= 0.6 is 11.3 Å². The largest absolute Gasteiger partial charge is 0.484 e. The molecule has 1 heterocycles. The van der Waals surface area contributed by atoms with Crippen molar-refractivity contribution < 1.29 is 19.1 Å². The summed E-state index contributed by atoms with van der Waals surface area (Å²) in [4.78, 5) is 25.6. The number of thiophene rings is 1. The average Bonchev–Trinajstić information content (AvgIpc) is 3.20. The fourth-order valence-corrected chi connectivity index (χ4v) is 4.38. The van der Waals surface area contributed by atoms with E-state index in [4.69, 9.17) is 9.47 Å². The first-order valence-corrected chi connectivity index (χ1v) is 9.56. The number of benzene rings is 1. The Hall–Kier alpha value is -2.34. The molecule has 3 rings (SSSR count). The van der Waals surface area contributed by atoms with Gasteiger partial charge in [0.1, 0.15) is 10.8 Å². The van der Waals surface area contributed by atoms with Crippen LogP contribution in [-0.2, 0) is 22.4 Å². The lowest BCUT2D eigenvalue weighted by Crippen LogP contribution is -2.21. The smallest absolute Gasteiger partial charge is 0.341 e. The van der Waals surface area contributed by atoms with Gasteiger partial charge in [0.15, 0.2) is 6.61 Å². The Kier molecular flexibility index (Phi) is 5.61.